The predicted octanol–water partition coefficient (Wildman–Crippen LogP) is 2.18. The number of amides is 1. The highest BCUT2D eigenvalue weighted by atomic mass is 35.5. The summed E-state index contributed by atoms with van der Waals surface area (Å²) >= 11 is 0. The van der Waals surface area contributed by atoms with E-state index in [1.54, 1.807) is 0 Å². The first kappa shape index (κ1) is 14.8. The van der Waals surface area contributed by atoms with Gasteiger partial charge in [0.05, 0.1) is 5.92 Å². The smallest absolute Gasteiger partial charge is 0.227 e. The van der Waals surface area contributed by atoms with Crippen molar-refractivity contribution in [2.24, 2.45) is 17.6 Å². The summed E-state index contributed by atoms with van der Waals surface area (Å²) in [6.45, 7) is 4.16. The van der Waals surface area contributed by atoms with Crippen LogP contribution in [0.4, 0.5) is 0 Å². The second-order valence-corrected chi connectivity index (χ2v) is 5.38. The summed E-state index contributed by atoms with van der Waals surface area (Å²) in [5.41, 5.74) is 5.99. The van der Waals surface area contributed by atoms with Gasteiger partial charge in [-0.05, 0) is 31.6 Å². The van der Waals surface area contributed by atoms with Crippen LogP contribution in [0.2, 0.25) is 0 Å². The summed E-state index contributed by atoms with van der Waals surface area (Å²) in [7, 11) is 0. The van der Waals surface area contributed by atoms with Gasteiger partial charge in [-0.2, -0.15) is 0 Å². The van der Waals surface area contributed by atoms with Gasteiger partial charge in [0.25, 0.3) is 0 Å². The van der Waals surface area contributed by atoms with Crippen LogP contribution in [0.5, 0.6) is 0 Å². The molecule has 2 fully saturated rings. The van der Waals surface area contributed by atoms with Crippen LogP contribution < -0.4 is 5.73 Å². The summed E-state index contributed by atoms with van der Waals surface area (Å²) in [6, 6.07) is 0.122. The second-order valence-electron chi connectivity index (χ2n) is 5.38. The summed E-state index contributed by atoms with van der Waals surface area (Å²) in [5, 5.41) is 0. The van der Waals surface area contributed by atoms with Crippen LogP contribution in [0, 0.1) is 11.8 Å². The number of piperidine rings is 1. The average molecular weight is 261 g/mol. The van der Waals surface area contributed by atoms with Crippen LogP contribution in [-0.2, 0) is 4.79 Å². The molecule has 4 heteroatoms. The predicted molar refractivity (Wildman–Crippen MR) is 72.2 cm³/mol. The summed E-state index contributed by atoms with van der Waals surface area (Å²) < 4.78 is 0. The van der Waals surface area contributed by atoms with Crippen LogP contribution in [0.1, 0.15) is 45.4 Å². The molecule has 0 aromatic rings. The zero-order chi connectivity index (χ0) is 11.5. The fourth-order valence-electron chi connectivity index (χ4n) is 3.09. The number of hydrogen-bond acceptors (Lipinski definition) is 2. The van der Waals surface area contributed by atoms with Crippen molar-refractivity contribution in [3.8, 4) is 0 Å². The molecule has 1 amide bonds. The first-order valence-corrected chi connectivity index (χ1v) is 6.76. The minimum Gasteiger partial charge on any atom is -0.342 e. The maximum Gasteiger partial charge on any atom is 0.227 e. The summed E-state index contributed by atoms with van der Waals surface area (Å²) in [6.07, 6.45) is 6.79. The Labute approximate surface area is 111 Å². The Balaban J connectivity index is 0.00000144. The van der Waals surface area contributed by atoms with Crippen molar-refractivity contribution in [3.63, 3.8) is 0 Å². The van der Waals surface area contributed by atoms with Crippen molar-refractivity contribution >= 4 is 18.3 Å². The van der Waals surface area contributed by atoms with E-state index in [0.29, 0.717) is 5.91 Å². The highest BCUT2D eigenvalue weighted by Gasteiger charge is 2.34. The molecule has 2 N–H and O–H groups in total. The van der Waals surface area contributed by atoms with Crippen molar-refractivity contribution in [1.29, 1.82) is 0 Å². The fraction of sp³-hybridized carbons (Fsp3) is 0.923. The Bertz CT molecular complexity index is 252. The Hall–Kier alpha value is -0.280. The number of nitrogens with zero attached hydrogens (tertiary/aromatic N) is 1. The lowest BCUT2D eigenvalue weighted by Crippen LogP contribution is -2.45. The van der Waals surface area contributed by atoms with Crippen LogP contribution in [0.15, 0.2) is 0 Å². The zero-order valence-electron chi connectivity index (χ0n) is 10.7. The van der Waals surface area contributed by atoms with Crippen LogP contribution in [-0.4, -0.2) is 29.9 Å². The van der Waals surface area contributed by atoms with Gasteiger partial charge in [-0.1, -0.05) is 19.8 Å². The van der Waals surface area contributed by atoms with E-state index in [4.69, 9.17) is 5.73 Å². The third-order valence-corrected chi connectivity index (χ3v) is 4.39. The van der Waals surface area contributed by atoms with Crippen molar-refractivity contribution in [2.75, 3.05) is 13.1 Å². The Morgan fingerprint density at radius 1 is 1.24 bits per heavy atom. The van der Waals surface area contributed by atoms with Gasteiger partial charge >= 0.3 is 0 Å². The minimum absolute atomic E-state index is 0. The number of hydrogen-bond donors (Lipinski definition) is 1. The molecule has 1 saturated carbocycles. The lowest BCUT2D eigenvalue weighted by Gasteiger charge is -2.34. The molecule has 2 unspecified atom stereocenters. The molecule has 1 heterocycles. The zero-order valence-corrected chi connectivity index (χ0v) is 11.5. The molecule has 0 spiro atoms. The molecule has 100 valence electrons. The van der Waals surface area contributed by atoms with Crippen molar-refractivity contribution < 1.29 is 4.79 Å². The quantitative estimate of drug-likeness (QED) is 0.827. The number of likely N-dealkylation sites (tertiary alicyclic amines) is 1. The Kier molecular flexibility index (Phi) is 5.74. The third kappa shape index (κ3) is 3.35. The molecule has 2 atom stereocenters. The monoisotopic (exact) mass is 260 g/mol. The van der Waals surface area contributed by atoms with Crippen molar-refractivity contribution in [2.45, 2.75) is 51.5 Å². The van der Waals surface area contributed by atoms with E-state index < -0.39 is 0 Å². The molecular formula is C13H25ClN2O. The molecule has 17 heavy (non-hydrogen) atoms. The Morgan fingerprint density at radius 2 is 1.88 bits per heavy atom. The van der Waals surface area contributed by atoms with E-state index >= 15 is 0 Å². The van der Waals surface area contributed by atoms with E-state index in [9.17, 15) is 4.79 Å². The van der Waals surface area contributed by atoms with Gasteiger partial charge in [0, 0.05) is 19.1 Å². The van der Waals surface area contributed by atoms with E-state index in [0.717, 1.165) is 38.3 Å². The highest BCUT2D eigenvalue weighted by Crippen LogP contribution is 2.28. The van der Waals surface area contributed by atoms with Crippen LogP contribution in [0.25, 0.3) is 0 Å². The van der Waals surface area contributed by atoms with Gasteiger partial charge in [-0.15, -0.1) is 12.4 Å². The maximum atomic E-state index is 12.3. The third-order valence-electron chi connectivity index (χ3n) is 4.39. The van der Waals surface area contributed by atoms with Crippen molar-refractivity contribution in [1.82, 2.24) is 4.90 Å². The molecule has 1 aliphatic carbocycles. The maximum absolute atomic E-state index is 12.3. The molecular weight excluding hydrogens is 236 g/mol. The van der Waals surface area contributed by atoms with Gasteiger partial charge in [0.15, 0.2) is 0 Å². The number of rotatable bonds is 2. The van der Waals surface area contributed by atoms with E-state index in [1.807, 2.05) is 0 Å². The Morgan fingerprint density at radius 3 is 2.35 bits per heavy atom. The van der Waals surface area contributed by atoms with E-state index in [1.165, 1.54) is 19.3 Å². The second kappa shape index (κ2) is 6.60. The number of carbonyl (C=O) groups is 1. The summed E-state index contributed by atoms with van der Waals surface area (Å²) in [4.78, 5) is 14.3. The average Bonchev–Trinajstić information content (AvgIpc) is 2.75. The molecule has 0 bridgehead atoms. The van der Waals surface area contributed by atoms with E-state index in [-0.39, 0.29) is 24.4 Å². The SMILES string of the molecule is CCC1CCN(C(=O)C2CCCC2N)CC1.Cl. The standard InChI is InChI=1S/C13H24N2O.ClH/c1-2-10-6-8-15(9-7-10)13(16)11-4-3-5-12(11)14;/h10-12H,2-9,14H2,1H3;1H. The van der Waals surface area contributed by atoms with Gasteiger partial charge in [-0.3, -0.25) is 4.79 Å². The largest absolute Gasteiger partial charge is 0.342 e. The molecule has 0 aromatic carbocycles. The molecule has 1 saturated heterocycles. The van der Waals surface area contributed by atoms with Crippen LogP contribution in [0.3, 0.4) is 0 Å². The lowest BCUT2D eigenvalue weighted by atomic mass is 9.93. The number of nitrogens with two attached hydrogens (primary N) is 1. The lowest BCUT2D eigenvalue weighted by molar-refractivity contribution is -0.137. The van der Waals surface area contributed by atoms with Crippen LogP contribution >= 0.6 is 12.4 Å². The topological polar surface area (TPSA) is 46.3 Å². The fourth-order valence-corrected chi connectivity index (χ4v) is 3.09. The first-order valence-electron chi connectivity index (χ1n) is 6.76. The van der Waals surface area contributed by atoms with Gasteiger partial charge in [-0.25, -0.2) is 0 Å². The number of carbonyl (C=O) groups excluding carboxylic acids is 1. The molecule has 2 rings (SSSR count). The van der Waals surface area contributed by atoms with E-state index in [2.05, 4.69) is 11.8 Å². The first-order chi connectivity index (χ1) is 7.72. The number of halogens is 1. The highest BCUT2D eigenvalue weighted by molar-refractivity contribution is 5.85. The van der Waals surface area contributed by atoms with Crippen molar-refractivity contribution in [3.05, 3.63) is 0 Å². The molecule has 1 aliphatic heterocycles. The normalized spacial score (nSPS) is 30.1. The van der Waals surface area contributed by atoms with Gasteiger partial charge < -0.3 is 10.6 Å². The van der Waals surface area contributed by atoms with Gasteiger partial charge in [0.2, 0.25) is 5.91 Å². The van der Waals surface area contributed by atoms with Gasteiger partial charge in [0.1, 0.15) is 0 Å². The minimum atomic E-state index is 0. The summed E-state index contributed by atoms with van der Waals surface area (Å²) in [5.74, 6) is 1.29. The molecule has 2 aliphatic rings. The molecule has 3 nitrogen and oxygen atoms in total. The molecule has 0 aromatic heterocycles. The molecule has 0 radical (unpaired) electrons.